The van der Waals surface area contributed by atoms with E-state index in [1.807, 2.05) is 6.20 Å². The summed E-state index contributed by atoms with van der Waals surface area (Å²) in [5.41, 5.74) is 0. The van der Waals surface area contributed by atoms with E-state index in [4.69, 9.17) is 0 Å². The number of rotatable bonds is 1. The predicted octanol–water partition coefficient (Wildman–Crippen LogP) is 1.46. The highest BCUT2D eigenvalue weighted by atomic mass is 127. The Morgan fingerprint density at radius 1 is 1.33 bits per heavy atom. The Kier molecular flexibility index (Phi) is 2.25. The van der Waals surface area contributed by atoms with Crippen LogP contribution in [-0.4, -0.2) is 23.1 Å². The van der Waals surface area contributed by atoms with E-state index >= 15 is 0 Å². The van der Waals surface area contributed by atoms with Crippen molar-refractivity contribution in [2.45, 2.75) is 0 Å². The van der Waals surface area contributed by atoms with E-state index in [1.54, 1.807) is 6.33 Å². The molecule has 0 aromatic carbocycles. The van der Waals surface area contributed by atoms with Crippen LogP contribution < -0.4 is 4.90 Å². The zero-order valence-electron chi connectivity index (χ0n) is 6.44. The molecular weight excluding hydrogens is 265 g/mol. The third-order valence-corrected chi connectivity index (χ3v) is 2.53. The Bertz CT molecular complexity index is 303. The van der Waals surface area contributed by atoms with E-state index in [1.165, 1.54) is 0 Å². The quantitative estimate of drug-likeness (QED) is 0.573. The molecule has 1 aliphatic heterocycles. The molecule has 0 fully saturated rings. The molecule has 62 valence electrons. The minimum atomic E-state index is 0.965. The summed E-state index contributed by atoms with van der Waals surface area (Å²) in [6.07, 6.45) is 7.73. The lowest BCUT2D eigenvalue weighted by Crippen LogP contribution is -2.20. The van der Waals surface area contributed by atoms with Gasteiger partial charge in [0.05, 0.1) is 3.57 Å². The largest absolute Gasteiger partial charge is 0.348 e. The number of halogens is 1. The SMILES string of the molecule is Ic1cncnc1N1CC=CC1. The number of hydrogen-bond acceptors (Lipinski definition) is 3. The summed E-state index contributed by atoms with van der Waals surface area (Å²) < 4.78 is 1.11. The van der Waals surface area contributed by atoms with E-state index < -0.39 is 0 Å². The topological polar surface area (TPSA) is 29.0 Å². The molecule has 0 spiro atoms. The van der Waals surface area contributed by atoms with Crippen LogP contribution in [-0.2, 0) is 0 Å². The molecular formula is C8H8IN3. The fourth-order valence-corrected chi connectivity index (χ4v) is 1.83. The van der Waals surface area contributed by atoms with E-state index in [0.29, 0.717) is 0 Å². The summed E-state index contributed by atoms with van der Waals surface area (Å²) in [6.45, 7) is 1.93. The summed E-state index contributed by atoms with van der Waals surface area (Å²) in [5, 5.41) is 0. The molecule has 0 unspecified atom stereocenters. The zero-order chi connectivity index (χ0) is 8.39. The van der Waals surface area contributed by atoms with Gasteiger partial charge in [0.2, 0.25) is 0 Å². The van der Waals surface area contributed by atoms with E-state index in [9.17, 15) is 0 Å². The molecule has 0 atom stereocenters. The average Bonchev–Trinajstić information content (AvgIpc) is 2.57. The smallest absolute Gasteiger partial charge is 0.146 e. The van der Waals surface area contributed by atoms with Gasteiger partial charge in [-0.3, -0.25) is 0 Å². The maximum atomic E-state index is 4.23. The van der Waals surface area contributed by atoms with Crippen molar-refractivity contribution >= 4 is 28.4 Å². The van der Waals surface area contributed by atoms with Crippen molar-refractivity contribution < 1.29 is 0 Å². The predicted molar refractivity (Wildman–Crippen MR) is 56.1 cm³/mol. The number of anilines is 1. The molecule has 0 bridgehead atoms. The molecule has 4 heteroatoms. The molecule has 1 aromatic rings. The van der Waals surface area contributed by atoms with Crippen molar-refractivity contribution in [1.82, 2.24) is 9.97 Å². The van der Waals surface area contributed by atoms with Gasteiger partial charge in [0.25, 0.3) is 0 Å². The van der Waals surface area contributed by atoms with Crippen LogP contribution in [0.5, 0.6) is 0 Å². The molecule has 1 aromatic heterocycles. The van der Waals surface area contributed by atoms with Gasteiger partial charge in [-0.2, -0.15) is 0 Å². The fraction of sp³-hybridized carbons (Fsp3) is 0.250. The summed E-state index contributed by atoms with van der Waals surface area (Å²) >= 11 is 2.26. The second-order valence-electron chi connectivity index (χ2n) is 2.57. The Morgan fingerprint density at radius 3 is 2.75 bits per heavy atom. The second kappa shape index (κ2) is 3.38. The van der Waals surface area contributed by atoms with Crippen molar-refractivity contribution in [3.8, 4) is 0 Å². The first-order valence-corrected chi connectivity index (χ1v) is 4.81. The third-order valence-electron chi connectivity index (χ3n) is 1.77. The molecule has 0 amide bonds. The molecule has 0 saturated carbocycles. The van der Waals surface area contributed by atoms with E-state index in [-0.39, 0.29) is 0 Å². The van der Waals surface area contributed by atoms with Gasteiger partial charge in [0.15, 0.2) is 0 Å². The van der Waals surface area contributed by atoms with Crippen molar-refractivity contribution in [3.63, 3.8) is 0 Å². The molecule has 0 aliphatic carbocycles. The van der Waals surface area contributed by atoms with Gasteiger partial charge < -0.3 is 4.90 Å². The Labute approximate surface area is 84.7 Å². The molecule has 2 rings (SSSR count). The summed E-state index contributed by atoms with van der Waals surface area (Å²) in [7, 11) is 0. The first kappa shape index (κ1) is 7.97. The highest BCUT2D eigenvalue weighted by Gasteiger charge is 2.11. The highest BCUT2D eigenvalue weighted by Crippen LogP contribution is 2.19. The molecule has 1 aliphatic rings. The van der Waals surface area contributed by atoms with Crippen molar-refractivity contribution in [1.29, 1.82) is 0 Å². The summed E-state index contributed by atoms with van der Waals surface area (Å²) in [5.74, 6) is 1.04. The average molecular weight is 273 g/mol. The first-order valence-electron chi connectivity index (χ1n) is 3.73. The Morgan fingerprint density at radius 2 is 2.08 bits per heavy atom. The summed E-state index contributed by atoms with van der Waals surface area (Å²) in [6, 6.07) is 0. The van der Waals surface area contributed by atoms with Gasteiger partial charge in [-0.1, -0.05) is 12.2 Å². The van der Waals surface area contributed by atoms with Gasteiger partial charge in [-0.25, -0.2) is 9.97 Å². The second-order valence-corrected chi connectivity index (χ2v) is 3.73. The number of aromatic nitrogens is 2. The van der Waals surface area contributed by atoms with Crippen molar-refractivity contribution in [2.75, 3.05) is 18.0 Å². The zero-order valence-corrected chi connectivity index (χ0v) is 8.60. The minimum Gasteiger partial charge on any atom is -0.348 e. The van der Waals surface area contributed by atoms with Gasteiger partial charge in [0.1, 0.15) is 12.1 Å². The van der Waals surface area contributed by atoms with Gasteiger partial charge in [-0.05, 0) is 22.6 Å². The van der Waals surface area contributed by atoms with Gasteiger partial charge in [-0.15, -0.1) is 0 Å². The van der Waals surface area contributed by atoms with Crippen LogP contribution in [0.25, 0.3) is 0 Å². The number of nitrogens with zero attached hydrogens (tertiary/aromatic N) is 3. The fourth-order valence-electron chi connectivity index (χ4n) is 1.19. The van der Waals surface area contributed by atoms with Gasteiger partial charge in [0, 0.05) is 19.3 Å². The highest BCUT2D eigenvalue weighted by molar-refractivity contribution is 14.1. The van der Waals surface area contributed by atoms with Crippen LogP contribution in [0.15, 0.2) is 24.7 Å². The van der Waals surface area contributed by atoms with Crippen LogP contribution in [0.1, 0.15) is 0 Å². The first-order chi connectivity index (χ1) is 5.88. The van der Waals surface area contributed by atoms with Crippen molar-refractivity contribution in [3.05, 3.63) is 28.2 Å². The minimum absolute atomic E-state index is 0.965. The molecule has 0 N–H and O–H groups in total. The lowest BCUT2D eigenvalue weighted by Gasteiger charge is -2.16. The Hall–Kier alpha value is -0.650. The normalized spacial score (nSPS) is 15.6. The molecule has 12 heavy (non-hydrogen) atoms. The van der Waals surface area contributed by atoms with E-state index in [0.717, 1.165) is 22.5 Å². The molecule has 3 nitrogen and oxygen atoms in total. The Balaban J connectivity index is 2.27. The monoisotopic (exact) mass is 273 g/mol. The maximum absolute atomic E-state index is 4.23. The van der Waals surface area contributed by atoms with Crippen LogP contribution in [0.2, 0.25) is 0 Å². The lowest BCUT2D eigenvalue weighted by atomic mass is 10.5. The molecule has 0 saturated heterocycles. The van der Waals surface area contributed by atoms with Crippen LogP contribution in [0.4, 0.5) is 5.82 Å². The van der Waals surface area contributed by atoms with Crippen LogP contribution >= 0.6 is 22.6 Å². The molecule has 2 heterocycles. The van der Waals surface area contributed by atoms with Gasteiger partial charge >= 0.3 is 0 Å². The van der Waals surface area contributed by atoms with E-state index in [2.05, 4.69) is 49.6 Å². The maximum Gasteiger partial charge on any atom is 0.146 e. The standard InChI is InChI=1S/C8H8IN3/c9-7-5-10-6-11-8(7)12-3-1-2-4-12/h1-2,5-6H,3-4H2. The molecule has 0 radical (unpaired) electrons. The van der Waals surface area contributed by atoms with Crippen molar-refractivity contribution in [2.24, 2.45) is 0 Å². The van der Waals surface area contributed by atoms with Crippen LogP contribution in [0, 0.1) is 3.57 Å². The lowest BCUT2D eigenvalue weighted by molar-refractivity contribution is 0.947. The van der Waals surface area contributed by atoms with Crippen LogP contribution in [0.3, 0.4) is 0 Å². The number of hydrogen-bond donors (Lipinski definition) is 0. The third kappa shape index (κ3) is 1.43. The summed E-state index contributed by atoms with van der Waals surface area (Å²) in [4.78, 5) is 10.4.